The summed E-state index contributed by atoms with van der Waals surface area (Å²) in [7, 11) is 0. The molecule has 6 heteroatoms. The summed E-state index contributed by atoms with van der Waals surface area (Å²) < 4.78 is 13.8. The third-order valence-electron chi connectivity index (χ3n) is 4.92. The molecule has 0 saturated carbocycles. The maximum atomic E-state index is 13.8. The van der Waals surface area contributed by atoms with Crippen molar-refractivity contribution in [3.63, 3.8) is 0 Å². The summed E-state index contributed by atoms with van der Waals surface area (Å²) >= 11 is 1.58. The smallest absolute Gasteiger partial charge is 0.255 e. The number of nitrogens with one attached hydrogen (secondary N) is 1. The molecule has 1 N–H and O–H groups in total. The van der Waals surface area contributed by atoms with Crippen molar-refractivity contribution in [3.05, 3.63) is 64.9 Å². The number of carbonyl (C=O) groups is 1. The number of hydrogen-bond acceptors (Lipinski definition) is 4. The lowest BCUT2D eigenvalue weighted by Crippen LogP contribution is -2.30. The van der Waals surface area contributed by atoms with Crippen molar-refractivity contribution in [1.82, 2.24) is 4.98 Å². The van der Waals surface area contributed by atoms with E-state index in [0.29, 0.717) is 11.3 Å². The molecule has 0 spiro atoms. The molecule has 1 aromatic heterocycles. The zero-order valence-corrected chi connectivity index (χ0v) is 16.6. The van der Waals surface area contributed by atoms with E-state index in [1.54, 1.807) is 29.5 Å². The van der Waals surface area contributed by atoms with E-state index in [9.17, 15) is 9.18 Å². The Morgan fingerprint density at radius 2 is 1.86 bits per heavy atom. The van der Waals surface area contributed by atoms with Gasteiger partial charge < -0.3 is 10.2 Å². The topological polar surface area (TPSA) is 45.2 Å². The van der Waals surface area contributed by atoms with E-state index >= 15 is 0 Å². The van der Waals surface area contributed by atoms with Crippen LogP contribution in [0.5, 0.6) is 0 Å². The van der Waals surface area contributed by atoms with Gasteiger partial charge in [0.2, 0.25) is 0 Å². The first-order valence-electron chi connectivity index (χ1n) is 9.48. The Bertz CT molecular complexity index is 978. The molecule has 28 heavy (non-hydrogen) atoms. The Kier molecular flexibility index (Phi) is 5.39. The molecule has 1 aliphatic rings. The van der Waals surface area contributed by atoms with Crippen molar-refractivity contribution in [2.75, 3.05) is 23.3 Å². The Hall–Kier alpha value is -2.73. The van der Waals surface area contributed by atoms with Crippen LogP contribution in [0.3, 0.4) is 0 Å². The number of anilines is 2. The highest BCUT2D eigenvalue weighted by molar-refractivity contribution is 7.13. The van der Waals surface area contributed by atoms with Gasteiger partial charge in [-0.25, -0.2) is 9.37 Å². The van der Waals surface area contributed by atoms with Crippen LogP contribution in [0.1, 0.15) is 35.3 Å². The average Bonchev–Trinajstić information content (AvgIpc) is 3.15. The number of amides is 1. The Morgan fingerprint density at radius 1 is 1.11 bits per heavy atom. The van der Waals surface area contributed by atoms with Crippen LogP contribution in [0.15, 0.2) is 47.8 Å². The number of halogens is 1. The number of benzene rings is 2. The highest BCUT2D eigenvalue weighted by atomic mass is 32.1. The minimum Gasteiger partial charge on any atom is -0.370 e. The van der Waals surface area contributed by atoms with Crippen molar-refractivity contribution in [3.8, 4) is 10.6 Å². The van der Waals surface area contributed by atoms with Gasteiger partial charge in [0, 0.05) is 35.3 Å². The largest absolute Gasteiger partial charge is 0.370 e. The van der Waals surface area contributed by atoms with E-state index in [4.69, 9.17) is 0 Å². The van der Waals surface area contributed by atoms with Gasteiger partial charge in [-0.15, -0.1) is 11.3 Å². The Morgan fingerprint density at radius 3 is 2.54 bits per heavy atom. The van der Waals surface area contributed by atoms with E-state index in [2.05, 4.69) is 15.2 Å². The lowest BCUT2D eigenvalue weighted by Gasteiger charge is -2.30. The van der Waals surface area contributed by atoms with Gasteiger partial charge in [-0.05, 0) is 56.5 Å². The molecule has 4 rings (SSSR count). The van der Waals surface area contributed by atoms with Crippen molar-refractivity contribution in [1.29, 1.82) is 0 Å². The Labute approximate surface area is 168 Å². The van der Waals surface area contributed by atoms with Crippen LogP contribution in [0.4, 0.5) is 15.8 Å². The quantitative estimate of drug-likeness (QED) is 0.634. The molecular weight excluding hydrogens is 373 g/mol. The monoisotopic (exact) mass is 395 g/mol. The zero-order chi connectivity index (χ0) is 19.5. The van der Waals surface area contributed by atoms with Crippen LogP contribution in [0, 0.1) is 12.7 Å². The predicted octanol–water partition coefficient (Wildman–Crippen LogP) is 5.50. The van der Waals surface area contributed by atoms with Crippen LogP contribution in [0.25, 0.3) is 10.6 Å². The molecule has 1 saturated heterocycles. The first kappa shape index (κ1) is 18.6. The fourth-order valence-electron chi connectivity index (χ4n) is 3.46. The number of rotatable bonds is 4. The van der Waals surface area contributed by atoms with Crippen LogP contribution in [-0.2, 0) is 0 Å². The molecule has 4 nitrogen and oxygen atoms in total. The van der Waals surface area contributed by atoms with Gasteiger partial charge in [-0.2, -0.15) is 0 Å². The minimum absolute atomic E-state index is 0.245. The zero-order valence-electron chi connectivity index (χ0n) is 15.7. The summed E-state index contributed by atoms with van der Waals surface area (Å²) in [6.07, 6.45) is 3.44. The van der Waals surface area contributed by atoms with E-state index in [0.717, 1.165) is 47.9 Å². The van der Waals surface area contributed by atoms with Crippen LogP contribution >= 0.6 is 11.3 Å². The molecule has 1 aliphatic heterocycles. The number of thiazole rings is 1. The van der Waals surface area contributed by atoms with Gasteiger partial charge in [0.05, 0.1) is 11.4 Å². The van der Waals surface area contributed by atoms with E-state index in [-0.39, 0.29) is 11.7 Å². The Balaban J connectivity index is 1.54. The van der Waals surface area contributed by atoms with Crippen molar-refractivity contribution < 1.29 is 9.18 Å². The molecule has 1 amide bonds. The molecule has 144 valence electrons. The number of nitrogens with zero attached hydrogens (tertiary/aromatic N) is 2. The normalized spacial score (nSPS) is 14.1. The molecule has 0 unspecified atom stereocenters. The second kappa shape index (κ2) is 8.10. The molecule has 1 fully saturated rings. The maximum absolute atomic E-state index is 13.8. The van der Waals surface area contributed by atoms with E-state index in [1.165, 1.54) is 18.6 Å². The van der Waals surface area contributed by atoms with Gasteiger partial charge in [-0.1, -0.05) is 12.1 Å². The fraction of sp³-hybridized carbons (Fsp3) is 0.273. The standard InChI is InChI=1S/C22H22FN3OS/c1-15-14-28-22(24-15)17-7-5-16(6-8-17)21(27)25-19-13-18(23)9-10-20(19)26-11-3-2-4-12-26/h5-10,13-14H,2-4,11-12H2,1H3,(H,25,27). The van der Waals surface area contributed by atoms with E-state index < -0.39 is 0 Å². The SMILES string of the molecule is Cc1csc(-c2ccc(C(=O)Nc3cc(F)ccc3N3CCCCC3)cc2)n1. The van der Waals surface area contributed by atoms with Gasteiger partial charge >= 0.3 is 0 Å². The third kappa shape index (κ3) is 4.07. The lowest BCUT2D eigenvalue weighted by atomic mass is 10.1. The van der Waals surface area contributed by atoms with Gasteiger partial charge in [0.15, 0.2) is 0 Å². The van der Waals surface area contributed by atoms with Crippen molar-refractivity contribution in [2.45, 2.75) is 26.2 Å². The highest BCUT2D eigenvalue weighted by Crippen LogP contribution is 2.30. The fourth-order valence-corrected chi connectivity index (χ4v) is 4.27. The summed E-state index contributed by atoms with van der Waals surface area (Å²) in [5.74, 6) is -0.601. The summed E-state index contributed by atoms with van der Waals surface area (Å²) in [4.78, 5) is 19.4. The van der Waals surface area contributed by atoms with Crippen molar-refractivity contribution >= 4 is 28.6 Å². The average molecular weight is 396 g/mol. The lowest BCUT2D eigenvalue weighted by molar-refractivity contribution is 0.102. The molecule has 0 aliphatic carbocycles. The van der Waals surface area contributed by atoms with Crippen LogP contribution in [0.2, 0.25) is 0 Å². The molecule has 2 heterocycles. The second-order valence-electron chi connectivity index (χ2n) is 7.03. The number of carbonyl (C=O) groups excluding carboxylic acids is 1. The summed E-state index contributed by atoms with van der Waals surface area (Å²) in [6.45, 7) is 3.81. The van der Waals surface area contributed by atoms with E-state index in [1.807, 2.05) is 24.4 Å². The number of hydrogen-bond donors (Lipinski definition) is 1. The van der Waals surface area contributed by atoms with Gasteiger partial charge in [0.25, 0.3) is 5.91 Å². The summed E-state index contributed by atoms with van der Waals surface area (Å²) in [6, 6.07) is 11.9. The van der Waals surface area contributed by atoms with Gasteiger partial charge in [0.1, 0.15) is 10.8 Å². The molecule has 0 bridgehead atoms. The highest BCUT2D eigenvalue weighted by Gasteiger charge is 2.17. The first-order valence-corrected chi connectivity index (χ1v) is 10.4. The minimum atomic E-state index is -0.356. The first-order chi connectivity index (χ1) is 13.6. The number of aromatic nitrogens is 1. The number of aryl methyl sites for hydroxylation is 1. The molecule has 3 aromatic rings. The maximum Gasteiger partial charge on any atom is 0.255 e. The third-order valence-corrected chi connectivity index (χ3v) is 5.93. The molecule has 0 radical (unpaired) electrons. The molecule has 0 atom stereocenters. The van der Waals surface area contributed by atoms with Gasteiger partial charge in [-0.3, -0.25) is 4.79 Å². The molecule has 2 aromatic carbocycles. The molecular formula is C22H22FN3OS. The predicted molar refractivity (Wildman–Crippen MR) is 113 cm³/mol. The summed E-state index contributed by atoms with van der Waals surface area (Å²) in [5, 5.41) is 5.83. The second-order valence-corrected chi connectivity index (χ2v) is 7.89. The van der Waals surface area contributed by atoms with Crippen LogP contribution in [-0.4, -0.2) is 24.0 Å². The van der Waals surface area contributed by atoms with Crippen molar-refractivity contribution in [2.24, 2.45) is 0 Å². The summed E-state index contributed by atoms with van der Waals surface area (Å²) in [5.41, 5.74) is 3.90. The number of piperidine rings is 1. The van der Waals surface area contributed by atoms with Crippen LogP contribution < -0.4 is 10.2 Å².